The minimum atomic E-state index is -0.822. The molecule has 152 valence electrons. The van der Waals surface area contributed by atoms with E-state index in [0.29, 0.717) is 17.1 Å². The van der Waals surface area contributed by atoms with Gasteiger partial charge in [0.2, 0.25) is 11.8 Å². The van der Waals surface area contributed by atoms with Gasteiger partial charge < -0.3 is 14.4 Å². The van der Waals surface area contributed by atoms with Crippen LogP contribution in [-0.2, 0) is 9.59 Å². The third-order valence-electron chi connectivity index (χ3n) is 6.24. The molecule has 0 aliphatic carbocycles. The number of carbonyl (C=O) groups is 3. The predicted octanol–water partition coefficient (Wildman–Crippen LogP) is 2.19. The molecule has 7 heteroatoms. The van der Waals surface area contributed by atoms with Crippen molar-refractivity contribution in [3.05, 3.63) is 65.4 Å². The maximum atomic E-state index is 13.8. The predicted molar refractivity (Wildman–Crippen MR) is 108 cm³/mol. The first kappa shape index (κ1) is 18.4. The van der Waals surface area contributed by atoms with E-state index in [1.165, 1.54) is 14.2 Å². The van der Waals surface area contributed by atoms with Crippen molar-refractivity contribution in [3.8, 4) is 11.5 Å². The second kappa shape index (κ2) is 6.73. The van der Waals surface area contributed by atoms with E-state index in [4.69, 9.17) is 9.47 Å². The first-order valence-electron chi connectivity index (χ1n) is 9.70. The molecule has 0 aromatic heterocycles. The van der Waals surface area contributed by atoms with Gasteiger partial charge in [0.15, 0.2) is 5.78 Å². The third kappa shape index (κ3) is 2.48. The molecule has 1 N–H and O–H groups in total. The Morgan fingerprint density at radius 1 is 1.00 bits per heavy atom. The number of ether oxygens (including phenoxy) is 2. The molecule has 0 saturated carbocycles. The van der Waals surface area contributed by atoms with Crippen molar-refractivity contribution in [1.82, 2.24) is 10.2 Å². The zero-order chi connectivity index (χ0) is 21.0. The number of ketones is 1. The number of hydrogen-bond acceptors (Lipinski definition) is 6. The number of carbonyl (C=O) groups excluding carboxylic acids is 3. The number of hydrogen-bond donors (Lipinski definition) is 1. The largest absolute Gasteiger partial charge is 0.497 e. The lowest BCUT2D eigenvalue weighted by atomic mass is 9.83. The van der Waals surface area contributed by atoms with Crippen molar-refractivity contribution in [3.63, 3.8) is 0 Å². The summed E-state index contributed by atoms with van der Waals surface area (Å²) in [6.07, 6.45) is 3.74. The number of amides is 2. The quantitative estimate of drug-likeness (QED) is 0.621. The third-order valence-corrected chi connectivity index (χ3v) is 6.24. The minimum Gasteiger partial charge on any atom is -0.497 e. The van der Waals surface area contributed by atoms with Crippen molar-refractivity contribution < 1.29 is 23.9 Å². The molecule has 2 aromatic carbocycles. The molecule has 3 aliphatic heterocycles. The molecule has 0 bridgehead atoms. The van der Waals surface area contributed by atoms with Gasteiger partial charge in [-0.15, -0.1) is 0 Å². The fourth-order valence-corrected chi connectivity index (χ4v) is 4.94. The lowest BCUT2D eigenvalue weighted by molar-refractivity contribution is -0.127. The Hall–Kier alpha value is -3.61. The van der Waals surface area contributed by atoms with Crippen LogP contribution in [-0.4, -0.2) is 42.8 Å². The molecule has 2 aromatic rings. The van der Waals surface area contributed by atoms with Gasteiger partial charge in [-0.1, -0.05) is 24.3 Å². The molecule has 2 fully saturated rings. The van der Waals surface area contributed by atoms with Gasteiger partial charge in [0.1, 0.15) is 17.5 Å². The lowest BCUT2D eigenvalue weighted by Crippen LogP contribution is -2.43. The van der Waals surface area contributed by atoms with Gasteiger partial charge >= 0.3 is 0 Å². The van der Waals surface area contributed by atoms with E-state index in [-0.39, 0.29) is 17.7 Å². The zero-order valence-electron chi connectivity index (χ0n) is 16.5. The van der Waals surface area contributed by atoms with Crippen LogP contribution in [0.1, 0.15) is 27.5 Å². The van der Waals surface area contributed by atoms with Gasteiger partial charge in [-0.05, 0) is 35.4 Å². The van der Waals surface area contributed by atoms with E-state index < -0.39 is 23.8 Å². The van der Waals surface area contributed by atoms with Crippen LogP contribution in [0, 0.1) is 11.8 Å². The number of Topliss-reactive ketones (excluding diaryl/α,β-unsaturated/α-hetero) is 1. The van der Waals surface area contributed by atoms with Crippen molar-refractivity contribution in [2.75, 3.05) is 14.2 Å². The van der Waals surface area contributed by atoms with Crippen molar-refractivity contribution in [2.45, 2.75) is 12.1 Å². The first-order chi connectivity index (χ1) is 14.5. The molecule has 0 unspecified atom stereocenters. The smallest absolute Gasteiger partial charge is 0.233 e. The van der Waals surface area contributed by atoms with Gasteiger partial charge in [0.25, 0.3) is 0 Å². The number of nitrogens with one attached hydrogen (secondary N) is 1. The van der Waals surface area contributed by atoms with Crippen LogP contribution in [0.5, 0.6) is 11.5 Å². The number of methoxy groups -OCH3 is 2. The highest BCUT2D eigenvalue weighted by Gasteiger charge is 2.61. The molecule has 7 nitrogen and oxygen atoms in total. The molecule has 30 heavy (non-hydrogen) atoms. The SMILES string of the molecule is COc1ccc(OC)c(C(=O)[C@H]2[C@H]3C(=O)NC(=O)[C@@H]3[C@H]3c4ccccc4C=CN32)c1. The fourth-order valence-electron chi connectivity index (χ4n) is 4.94. The van der Waals surface area contributed by atoms with Crippen LogP contribution >= 0.6 is 0 Å². The number of rotatable bonds is 4. The minimum absolute atomic E-state index is 0.280. The van der Waals surface area contributed by atoms with Crippen molar-refractivity contribution >= 4 is 23.7 Å². The molecule has 0 radical (unpaired) electrons. The van der Waals surface area contributed by atoms with Gasteiger partial charge in [0, 0.05) is 6.20 Å². The van der Waals surface area contributed by atoms with E-state index in [1.807, 2.05) is 41.4 Å². The Kier molecular flexibility index (Phi) is 4.13. The monoisotopic (exact) mass is 404 g/mol. The Morgan fingerprint density at radius 2 is 1.77 bits per heavy atom. The highest BCUT2D eigenvalue weighted by Crippen LogP contribution is 2.51. The van der Waals surface area contributed by atoms with Gasteiger partial charge in [-0.25, -0.2) is 0 Å². The molecule has 3 heterocycles. The molecular weight excluding hydrogens is 384 g/mol. The molecule has 5 rings (SSSR count). The van der Waals surface area contributed by atoms with Crippen molar-refractivity contribution in [2.24, 2.45) is 11.8 Å². The highest BCUT2D eigenvalue weighted by atomic mass is 16.5. The molecule has 4 atom stereocenters. The summed E-state index contributed by atoms with van der Waals surface area (Å²) in [6.45, 7) is 0. The van der Waals surface area contributed by atoms with Gasteiger partial charge in [-0.2, -0.15) is 0 Å². The molecule has 2 saturated heterocycles. The Labute approximate surface area is 173 Å². The summed E-state index contributed by atoms with van der Waals surface area (Å²) in [5, 5.41) is 2.43. The average Bonchev–Trinajstić information content (AvgIpc) is 3.27. The summed E-state index contributed by atoms with van der Waals surface area (Å²) in [7, 11) is 3.01. The first-order valence-corrected chi connectivity index (χ1v) is 9.70. The Balaban J connectivity index is 1.65. The summed E-state index contributed by atoms with van der Waals surface area (Å²) >= 11 is 0. The summed E-state index contributed by atoms with van der Waals surface area (Å²) < 4.78 is 10.7. The second-order valence-corrected chi connectivity index (χ2v) is 7.62. The number of fused-ring (bicyclic) bond motifs is 5. The van der Waals surface area contributed by atoms with E-state index in [0.717, 1.165) is 11.1 Å². The lowest BCUT2D eigenvalue weighted by Gasteiger charge is -2.34. The summed E-state index contributed by atoms with van der Waals surface area (Å²) in [6, 6.07) is 11.5. The standard InChI is InChI=1S/C23H20N2O5/c1-29-13-7-8-16(30-2)15(11-13)21(26)20-18-17(22(27)24-23(18)28)19-14-6-4-3-5-12(14)9-10-25(19)20/h3-11,17-20H,1-2H3,(H,24,27,28)/t17-,18-,19+,20+/m0/s1. The van der Waals surface area contributed by atoms with E-state index in [9.17, 15) is 14.4 Å². The molecule has 2 amide bonds. The maximum absolute atomic E-state index is 13.8. The number of benzene rings is 2. The van der Waals surface area contributed by atoms with Crippen molar-refractivity contribution in [1.29, 1.82) is 0 Å². The highest BCUT2D eigenvalue weighted by molar-refractivity contribution is 6.12. The molecular formula is C23H20N2O5. The Morgan fingerprint density at radius 3 is 2.53 bits per heavy atom. The van der Waals surface area contributed by atoms with Gasteiger partial charge in [-0.3, -0.25) is 19.7 Å². The summed E-state index contributed by atoms with van der Waals surface area (Å²) in [5.41, 5.74) is 2.24. The second-order valence-electron chi connectivity index (χ2n) is 7.62. The van der Waals surface area contributed by atoms with Crippen LogP contribution in [0.15, 0.2) is 48.7 Å². The van der Waals surface area contributed by atoms with E-state index in [1.54, 1.807) is 18.2 Å². The van der Waals surface area contributed by atoms with Crippen LogP contribution in [0.4, 0.5) is 0 Å². The number of imide groups is 1. The van der Waals surface area contributed by atoms with Crippen LogP contribution < -0.4 is 14.8 Å². The van der Waals surface area contributed by atoms with Crippen LogP contribution in [0.2, 0.25) is 0 Å². The zero-order valence-corrected chi connectivity index (χ0v) is 16.5. The molecule has 3 aliphatic rings. The summed E-state index contributed by atoms with van der Waals surface area (Å²) in [4.78, 5) is 41.1. The van der Waals surface area contributed by atoms with Gasteiger partial charge in [0.05, 0.1) is 37.7 Å². The number of nitrogens with zero attached hydrogens (tertiary/aromatic N) is 1. The fraction of sp³-hybridized carbons (Fsp3) is 0.261. The van der Waals surface area contributed by atoms with E-state index in [2.05, 4.69) is 5.32 Å². The maximum Gasteiger partial charge on any atom is 0.233 e. The summed E-state index contributed by atoms with van der Waals surface area (Å²) in [5.74, 6) is -1.53. The average molecular weight is 404 g/mol. The topological polar surface area (TPSA) is 84.9 Å². The normalized spacial score (nSPS) is 26.0. The Bertz CT molecular complexity index is 1110. The molecule has 0 spiro atoms. The van der Waals surface area contributed by atoms with E-state index >= 15 is 0 Å². The van der Waals surface area contributed by atoms with Crippen LogP contribution in [0.25, 0.3) is 6.08 Å². The van der Waals surface area contributed by atoms with Crippen LogP contribution in [0.3, 0.4) is 0 Å².